The van der Waals surface area contributed by atoms with Gasteiger partial charge in [0.2, 0.25) is 0 Å². The number of carboxylic acids is 1. The normalized spacial score (nSPS) is 24.9. The van der Waals surface area contributed by atoms with Crippen molar-refractivity contribution in [2.45, 2.75) is 52.2 Å². The van der Waals surface area contributed by atoms with Crippen LogP contribution in [0.1, 0.15) is 40.5 Å². The summed E-state index contributed by atoms with van der Waals surface area (Å²) in [5, 5.41) is 11.5. The zero-order chi connectivity index (χ0) is 13.2. The lowest BCUT2D eigenvalue weighted by molar-refractivity contribution is -0.137. The standard InChI is InChI=1S/C12H21NO4/c1-7-5-8(7)9(6-10(14)15)13-11(16)17-12(2,3)4/h7-9H,5-6H2,1-4H3,(H,13,16)(H,14,15). The lowest BCUT2D eigenvalue weighted by Crippen LogP contribution is -2.41. The molecule has 1 rings (SSSR count). The number of carbonyl (C=O) groups excluding carboxylic acids is 1. The molecule has 5 nitrogen and oxygen atoms in total. The minimum absolute atomic E-state index is 0.0474. The van der Waals surface area contributed by atoms with Crippen molar-refractivity contribution in [3.63, 3.8) is 0 Å². The predicted molar refractivity (Wildman–Crippen MR) is 62.7 cm³/mol. The van der Waals surface area contributed by atoms with E-state index >= 15 is 0 Å². The lowest BCUT2D eigenvalue weighted by atomic mass is 10.1. The summed E-state index contributed by atoms with van der Waals surface area (Å²) in [6.07, 6.45) is 0.380. The lowest BCUT2D eigenvalue weighted by Gasteiger charge is -2.23. The summed E-state index contributed by atoms with van der Waals surface area (Å²) in [5.74, 6) is -0.155. The third-order valence-electron chi connectivity index (χ3n) is 2.79. The fraction of sp³-hybridized carbons (Fsp3) is 0.833. The van der Waals surface area contributed by atoms with Crippen LogP contribution >= 0.6 is 0 Å². The second-order valence-electron chi connectivity index (χ2n) is 5.73. The van der Waals surface area contributed by atoms with Crippen molar-refractivity contribution in [2.24, 2.45) is 11.8 Å². The second-order valence-corrected chi connectivity index (χ2v) is 5.73. The third kappa shape index (κ3) is 5.06. The van der Waals surface area contributed by atoms with Gasteiger partial charge in [-0.1, -0.05) is 6.92 Å². The molecule has 0 bridgehead atoms. The van der Waals surface area contributed by atoms with E-state index in [2.05, 4.69) is 12.2 Å². The Kier molecular flexibility index (Phi) is 4.01. The van der Waals surface area contributed by atoms with Crippen molar-refractivity contribution >= 4 is 12.1 Å². The number of carboxylic acid groups (broad SMARTS) is 1. The van der Waals surface area contributed by atoms with Crippen LogP contribution in [0.3, 0.4) is 0 Å². The SMILES string of the molecule is CC1CC1C(CC(=O)O)NC(=O)OC(C)(C)C. The number of nitrogens with one attached hydrogen (secondary N) is 1. The molecule has 0 aliphatic heterocycles. The van der Waals surface area contributed by atoms with Gasteiger partial charge in [0.15, 0.2) is 0 Å². The number of alkyl carbamates (subject to hydrolysis) is 1. The predicted octanol–water partition coefficient (Wildman–Crippen LogP) is 2.01. The Morgan fingerprint density at radius 1 is 1.47 bits per heavy atom. The molecule has 0 aromatic rings. The molecule has 3 unspecified atom stereocenters. The minimum Gasteiger partial charge on any atom is -0.481 e. The molecule has 0 saturated heterocycles. The Balaban J connectivity index is 2.49. The topological polar surface area (TPSA) is 75.6 Å². The highest BCUT2D eigenvalue weighted by Gasteiger charge is 2.41. The van der Waals surface area contributed by atoms with Gasteiger partial charge in [-0.2, -0.15) is 0 Å². The van der Waals surface area contributed by atoms with E-state index in [1.54, 1.807) is 20.8 Å². The van der Waals surface area contributed by atoms with Crippen LogP contribution in [-0.4, -0.2) is 28.8 Å². The zero-order valence-electron chi connectivity index (χ0n) is 10.8. The Hall–Kier alpha value is -1.26. The van der Waals surface area contributed by atoms with Gasteiger partial charge in [-0.15, -0.1) is 0 Å². The summed E-state index contributed by atoms with van der Waals surface area (Å²) >= 11 is 0. The largest absolute Gasteiger partial charge is 0.481 e. The number of aliphatic carboxylic acids is 1. The molecule has 5 heteroatoms. The van der Waals surface area contributed by atoms with E-state index in [9.17, 15) is 9.59 Å². The monoisotopic (exact) mass is 243 g/mol. The fourth-order valence-electron chi connectivity index (χ4n) is 1.87. The first-order valence-corrected chi connectivity index (χ1v) is 5.90. The van der Waals surface area contributed by atoms with Gasteiger partial charge in [0.05, 0.1) is 6.42 Å². The van der Waals surface area contributed by atoms with Gasteiger partial charge in [0, 0.05) is 6.04 Å². The van der Waals surface area contributed by atoms with Gasteiger partial charge in [-0.05, 0) is 39.0 Å². The van der Waals surface area contributed by atoms with Crippen molar-refractivity contribution < 1.29 is 19.4 Å². The van der Waals surface area contributed by atoms with Crippen LogP contribution in [0, 0.1) is 11.8 Å². The van der Waals surface area contributed by atoms with Crippen LogP contribution in [0.15, 0.2) is 0 Å². The average Bonchev–Trinajstić information content (AvgIpc) is 2.76. The molecule has 1 fully saturated rings. The molecule has 0 aromatic carbocycles. The van der Waals surface area contributed by atoms with E-state index in [1.165, 1.54) is 0 Å². The Morgan fingerprint density at radius 3 is 2.35 bits per heavy atom. The Labute approximate surface area is 102 Å². The number of hydrogen-bond acceptors (Lipinski definition) is 3. The molecular formula is C12H21NO4. The maximum absolute atomic E-state index is 11.6. The van der Waals surface area contributed by atoms with Crippen LogP contribution in [0.4, 0.5) is 4.79 Å². The smallest absolute Gasteiger partial charge is 0.407 e. The molecule has 0 spiro atoms. The molecule has 98 valence electrons. The van der Waals surface area contributed by atoms with Gasteiger partial charge in [0.1, 0.15) is 5.60 Å². The maximum atomic E-state index is 11.6. The Morgan fingerprint density at radius 2 is 2.00 bits per heavy atom. The number of ether oxygens (including phenoxy) is 1. The van der Waals surface area contributed by atoms with E-state index in [0.29, 0.717) is 5.92 Å². The number of rotatable bonds is 4. The van der Waals surface area contributed by atoms with E-state index in [0.717, 1.165) is 6.42 Å². The Bertz CT molecular complexity index is 308. The zero-order valence-corrected chi connectivity index (χ0v) is 10.8. The molecule has 1 saturated carbocycles. The van der Waals surface area contributed by atoms with Crippen molar-refractivity contribution in [3.05, 3.63) is 0 Å². The molecule has 3 atom stereocenters. The van der Waals surface area contributed by atoms with Crippen molar-refractivity contribution in [1.29, 1.82) is 0 Å². The highest BCUT2D eigenvalue weighted by molar-refractivity contribution is 5.71. The van der Waals surface area contributed by atoms with Crippen LogP contribution in [0.25, 0.3) is 0 Å². The molecule has 0 heterocycles. The molecule has 17 heavy (non-hydrogen) atoms. The van der Waals surface area contributed by atoms with E-state index in [1.807, 2.05) is 0 Å². The first-order valence-electron chi connectivity index (χ1n) is 5.90. The van der Waals surface area contributed by atoms with Crippen LogP contribution in [0.2, 0.25) is 0 Å². The maximum Gasteiger partial charge on any atom is 0.407 e. The number of carbonyl (C=O) groups is 2. The van der Waals surface area contributed by atoms with Crippen molar-refractivity contribution in [2.75, 3.05) is 0 Å². The molecular weight excluding hydrogens is 222 g/mol. The summed E-state index contributed by atoms with van der Waals surface area (Å²) in [6.45, 7) is 7.38. The number of amides is 1. The minimum atomic E-state index is -0.898. The van der Waals surface area contributed by atoms with E-state index in [4.69, 9.17) is 9.84 Å². The summed E-state index contributed by atoms with van der Waals surface area (Å²) in [6, 6.07) is -0.322. The van der Waals surface area contributed by atoms with Crippen LogP contribution in [0.5, 0.6) is 0 Å². The van der Waals surface area contributed by atoms with Gasteiger partial charge < -0.3 is 15.2 Å². The summed E-state index contributed by atoms with van der Waals surface area (Å²) < 4.78 is 5.12. The van der Waals surface area contributed by atoms with Gasteiger partial charge in [-0.3, -0.25) is 4.79 Å². The van der Waals surface area contributed by atoms with Crippen molar-refractivity contribution in [1.82, 2.24) is 5.32 Å². The summed E-state index contributed by atoms with van der Waals surface area (Å²) in [5.41, 5.74) is -0.562. The molecule has 1 amide bonds. The van der Waals surface area contributed by atoms with Gasteiger partial charge in [0.25, 0.3) is 0 Å². The highest BCUT2D eigenvalue weighted by Crippen LogP contribution is 2.41. The quantitative estimate of drug-likeness (QED) is 0.792. The molecule has 2 N–H and O–H groups in total. The molecule has 1 aliphatic rings. The molecule has 1 aliphatic carbocycles. The molecule has 0 aromatic heterocycles. The van der Waals surface area contributed by atoms with Crippen molar-refractivity contribution in [3.8, 4) is 0 Å². The van der Waals surface area contributed by atoms with Gasteiger partial charge >= 0.3 is 12.1 Å². The van der Waals surface area contributed by atoms with Crippen LogP contribution < -0.4 is 5.32 Å². The fourth-order valence-corrected chi connectivity index (χ4v) is 1.87. The second kappa shape index (κ2) is 4.94. The van der Waals surface area contributed by atoms with E-state index < -0.39 is 17.7 Å². The van der Waals surface area contributed by atoms with Gasteiger partial charge in [-0.25, -0.2) is 4.79 Å². The molecule has 0 radical (unpaired) electrons. The summed E-state index contributed by atoms with van der Waals surface area (Å²) in [4.78, 5) is 22.3. The van der Waals surface area contributed by atoms with E-state index in [-0.39, 0.29) is 18.4 Å². The third-order valence-corrected chi connectivity index (χ3v) is 2.79. The van der Waals surface area contributed by atoms with Crippen LogP contribution in [-0.2, 0) is 9.53 Å². The summed E-state index contributed by atoms with van der Waals surface area (Å²) in [7, 11) is 0. The highest BCUT2D eigenvalue weighted by atomic mass is 16.6. The first-order chi connectivity index (χ1) is 7.69. The number of hydrogen-bond donors (Lipinski definition) is 2. The first kappa shape index (κ1) is 13.8. The average molecular weight is 243 g/mol.